The summed E-state index contributed by atoms with van der Waals surface area (Å²) in [6, 6.07) is 7.33. The molecule has 1 aliphatic rings. The number of nitrogens with zero attached hydrogens (tertiary/aromatic N) is 2. The second-order valence-corrected chi connectivity index (χ2v) is 6.03. The van der Waals surface area contributed by atoms with Gasteiger partial charge in [-0.2, -0.15) is 0 Å². The molecule has 7 heteroatoms. The summed E-state index contributed by atoms with van der Waals surface area (Å²) in [6.07, 6.45) is 1.67. The van der Waals surface area contributed by atoms with Gasteiger partial charge in [0.05, 0.1) is 16.5 Å². The molecule has 1 fully saturated rings. The number of likely N-dealkylation sites (tertiary alicyclic amines) is 1. The molecule has 0 radical (unpaired) electrons. The van der Waals surface area contributed by atoms with Gasteiger partial charge < -0.3 is 4.90 Å². The zero-order valence-electron chi connectivity index (χ0n) is 11.6. The quantitative estimate of drug-likeness (QED) is 0.639. The van der Waals surface area contributed by atoms with E-state index in [-0.39, 0.29) is 22.8 Å². The van der Waals surface area contributed by atoms with E-state index in [4.69, 9.17) is 0 Å². The van der Waals surface area contributed by atoms with E-state index in [2.05, 4.69) is 0 Å². The number of rotatable bonds is 3. The Bertz CT molecular complexity index is 714. The SMILES string of the molecule is O=C(c1csc([N+](=O)[O-])c1)N1CCC[C@@H]1c1ccc(F)cc1. The molecule has 0 aliphatic carbocycles. The summed E-state index contributed by atoms with van der Waals surface area (Å²) >= 11 is 0.948. The van der Waals surface area contributed by atoms with Gasteiger partial charge in [0.2, 0.25) is 0 Å². The fraction of sp³-hybridized carbons (Fsp3) is 0.267. The van der Waals surface area contributed by atoms with Gasteiger partial charge in [-0.25, -0.2) is 4.39 Å². The van der Waals surface area contributed by atoms with E-state index in [1.165, 1.54) is 23.6 Å². The van der Waals surface area contributed by atoms with Crippen molar-refractivity contribution in [2.24, 2.45) is 0 Å². The summed E-state index contributed by atoms with van der Waals surface area (Å²) in [5, 5.41) is 12.2. The van der Waals surface area contributed by atoms with Crippen LogP contribution in [0.3, 0.4) is 0 Å². The van der Waals surface area contributed by atoms with Gasteiger partial charge in [0.15, 0.2) is 0 Å². The number of hydrogen-bond acceptors (Lipinski definition) is 4. The first-order valence-electron chi connectivity index (χ1n) is 6.85. The molecule has 1 aliphatic heterocycles. The molecule has 1 amide bonds. The summed E-state index contributed by atoms with van der Waals surface area (Å²) in [7, 11) is 0. The normalized spacial score (nSPS) is 17.7. The van der Waals surface area contributed by atoms with Crippen molar-refractivity contribution in [2.45, 2.75) is 18.9 Å². The van der Waals surface area contributed by atoms with E-state index in [0.717, 1.165) is 29.7 Å². The van der Waals surface area contributed by atoms with Crippen LogP contribution in [0, 0.1) is 15.9 Å². The molecule has 1 aromatic carbocycles. The standard InChI is InChI=1S/C15H13FN2O3S/c16-12-5-3-10(4-6-12)13-2-1-7-17(13)15(19)11-8-14(18(20)21)22-9-11/h3-6,8-9,13H,1-2,7H2/t13-/m1/s1. The van der Waals surface area contributed by atoms with Crippen molar-refractivity contribution in [3.8, 4) is 0 Å². The Kier molecular flexibility index (Phi) is 3.89. The van der Waals surface area contributed by atoms with Gasteiger partial charge in [-0.15, -0.1) is 0 Å². The van der Waals surface area contributed by atoms with Crippen molar-refractivity contribution in [1.29, 1.82) is 0 Å². The molecule has 3 rings (SSSR count). The minimum atomic E-state index is -0.497. The smallest absolute Gasteiger partial charge is 0.324 e. The highest BCUT2D eigenvalue weighted by atomic mass is 32.1. The molecule has 1 atom stereocenters. The maximum absolute atomic E-state index is 13.0. The fourth-order valence-corrected chi connectivity index (χ4v) is 3.44. The molecule has 0 saturated carbocycles. The second kappa shape index (κ2) is 5.84. The Hall–Kier alpha value is -2.28. The Morgan fingerprint density at radius 1 is 1.36 bits per heavy atom. The van der Waals surface area contributed by atoms with Crippen molar-refractivity contribution in [2.75, 3.05) is 6.54 Å². The van der Waals surface area contributed by atoms with Crippen molar-refractivity contribution >= 4 is 22.2 Å². The van der Waals surface area contributed by atoms with Crippen molar-refractivity contribution in [3.63, 3.8) is 0 Å². The van der Waals surface area contributed by atoms with Crippen LogP contribution in [0.5, 0.6) is 0 Å². The van der Waals surface area contributed by atoms with E-state index in [0.29, 0.717) is 12.1 Å². The second-order valence-electron chi connectivity index (χ2n) is 5.14. The number of amides is 1. The number of thiophene rings is 1. The molecule has 0 spiro atoms. The first-order valence-corrected chi connectivity index (χ1v) is 7.73. The van der Waals surface area contributed by atoms with Gasteiger partial charge >= 0.3 is 5.00 Å². The van der Waals surface area contributed by atoms with Gasteiger partial charge in [-0.3, -0.25) is 14.9 Å². The summed E-state index contributed by atoms with van der Waals surface area (Å²) < 4.78 is 13.0. The molecular formula is C15H13FN2O3S. The number of nitro groups is 1. The molecule has 2 heterocycles. The third kappa shape index (κ3) is 2.71. The Balaban J connectivity index is 1.84. The van der Waals surface area contributed by atoms with Crippen LogP contribution in [0.25, 0.3) is 0 Å². The van der Waals surface area contributed by atoms with Crippen molar-refractivity contribution in [1.82, 2.24) is 4.90 Å². The predicted octanol–water partition coefficient (Wildman–Crippen LogP) is 3.77. The molecule has 1 aromatic heterocycles. The van der Waals surface area contributed by atoms with Crippen LogP contribution in [0.1, 0.15) is 34.8 Å². The lowest BCUT2D eigenvalue weighted by Crippen LogP contribution is -2.30. The van der Waals surface area contributed by atoms with Gasteiger partial charge in [0, 0.05) is 18.0 Å². The number of carbonyl (C=O) groups excluding carboxylic acids is 1. The highest BCUT2D eigenvalue weighted by molar-refractivity contribution is 7.13. The molecule has 0 N–H and O–H groups in total. The van der Waals surface area contributed by atoms with E-state index in [1.807, 2.05) is 0 Å². The van der Waals surface area contributed by atoms with Crippen LogP contribution >= 0.6 is 11.3 Å². The van der Waals surface area contributed by atoms with E-state index in [9.17, 15) is 19.3 Å². The summed E-state index contributed by atoms with van der Waals surface area (Å²) in [6.45, 7) is 0.602. The van der Waals surface area contributed by atoms with Crippen LogP contribution in [0.15, 0.2) is 35.7 Å². The average molecular weight is 320 g/mol. The predicted molar refractivity (Wildman–Crippen MR) is 80.4 cm³/mol. The highest BCUT2D eigenvalue weighted by Crippen LogP contribution is 2.34. The topological polar surface area (TPSA) is 63.4 Å². The molecule has 2 aromatic rings. The van der Waals surface area contributed by atoms with Crippen LogP contribution in [-0.4, -0.2) is 22.3 Å². The fourth-order valence-electron chi connectivity index (χ4n) is 2.74. The average Bonchev–Trinajstić information content (AvgIpc) is 3.17. The highest BCUT2D eigenvalue weighted by Gasteiger charge is 2.31. The lowest BCUT2D eigenvalue weighted by atomic mass is 10.0. The lowest BCUT2D eigenvalue weighted by molar-refractivity contribution is -0.380. The van der Waals surface area contributed by atoms with Crippen LogP contribution in [0.2, 0.25) is 0 Å². The van der Waals surface area contributed by atoms with Crippen LogP contribution < -0.4 is 0 Å². The molecule has 1 saturated heterocycles. The monoisotopic (exact) mass is 320 g/mol. The molecular weight excluding hydrogens is 307 g/mol. The zero-order chi connectivity index (χ0) is 15.7. The number of benzene rings is 1. The van der Waals surface area contributed by atoms with Gasteiger partial charge in [-0.05, 0) is 30.5 Å². The maximum Gasteiger partial charge on any atom is 0.324 e. The zero-order valence-corrected chi connectivity index (χ0v) is 12.4. The van der Waals surface area contributed by atoms with Crippen molar-refractivity contribution < 1.29 is 14.1 Å². The minimum absolute atomic E-state index is 0.0409. The lowest BCUT2D eigenvalue weighted by Gasteiger charge is -2.24. The van der Waals surface area contributed by atoms with E-state index in [1.54, 1.807) is 17.0 Å². The molecule has 114 valence electrons. The van der Waals surface area contributed by atoms with Crippen LogP contribution in [0.4, 0.5) is 9.39 Å². The maximum atomic E-state index is 13.0. The van der Waals surface area contributed by atoms with Gasteiger partial charge in [0.25, 0.3) is 5.91 Å². The third-order valence-electron chi connectivity index (χ3n) is 3.78. The summed E-state index contributed by atoms with van der Waals surface area (Å²) in [4.78, 5) is 24.5. The third-order valence-corrected chi connectivity index (χ3v) is 4.66. The van der Waals surface area contributed by atoms with Crippen molar-refractivity contribution in [3.05, 3.63) is 62.8 Å². The van der Waals surface area contributed by atoms with Gasteiger partial charge in [-0.1, -0.05) is 23.5 Å². The van der Waals surface area contributed by atoms with E-state index >= 15 is 0 Å². The first-order chi connectivity index (χ1) is 10.6. The molecule has 22 heavy (non-hydrogen) atoms. The van der Waals surface area contributed by atoms with E-state index < -0.39 is 4.92 Å². The molecule has 0 bridgehead atoms. The number of halogens is 1. The molecule has 5 nitrogen and oxygen atoms in total. The van der Waals surface area contributed by atoms with Crippen LogP contribution in [-0.2, 0) is 0 Å². The first kappa shape index (κ1) is 14.6. The number of carbonyl (C=O) groups is 1. The summed E-state index contributed by atoms with van der Waals surface area (Å²) in [5.74, 6) is -0.524. The largest absolute Gasteiger partial charge is 0.332 e. The Labute approximate surface area is 130 Å². The minimum Gasteiger partial charge on any atom is -0.332 e. The molecule has 0 unspecified atom stereocenters. The Morgan fingerprint density at radius 2 is 2.09 bits per heavy atom. The van der Waals surface area contributed by atoms with Gasteiger partial charge in [0.1, 0.15) is 5.82 Å². The summed E-state index contributed by atoms with van der Waals surface area (Å²) in [5.41, 5.74) is 1.22. The Morgan fingerprint density at radius 3 is 2.73 bits per heavy atom. The number of hydrogen-bond donors (Lipinski definition) is 0.